The monoisotopic (exact) mass is 234 g/mol. The Morgan fingerprint density at radius 1 is 1.29 bits per heavy atom. The average Bonchev–Trinajstić information content (AvgIpc) is 2.27. The van der Waals surface area contributed by atoms with Crippen LogP contribution in [0.3, 0.4) is 0 Å². The van der Waals surface area contributed by atoms with E-state index >= 15 is 0 Å². The molecule has 0 aromatic carbocycles. The molecule has 2 aliphatic rings. The van der Waals surface area contributed by atoms with Crippen molar-refractivity contribution in [1.29, 1.82) is 0 Å². The van der Waals surface area contributed by atoms with Crippen molar-refractivity contribution in [1.82, 2.24) is 0 Å². The maximum atomic E-state index is 12.8. The lowest BCUT2D eigenvalue weighted by Gasteiger charge is -2.44. The van der Waals surface area contributed by atoms with Gasteiger partial charge < -0.3 is 0 Å². The number of Topliss-reactive ketones (excluding diaryl/α,β-unsaturated/α-hetero) is 1. The second-order valence-corrected chi connectivity index (χ2v) is 7.09. The maximum absolute atomic E-state index is 12.8. The third-order valence-electron chi connectivity index (χ3n) is 4.61. The minimum Gasteiger partial charge on any atom is -0.298 e. The lowest BCUT2D eigenvalue weighted by molar-refractivity contribution is -0.135. The van der Waals surface area contributed by atoms with Crippen LogP contribution in [0.15, 0.2) is 11.6 Å². The fourth-order valence-electron chi connectivity index (χ4n) is 3.84. The summed E-state index contributed by atoms with van der Waals surface area (Å²) in [6, 6.07) is 0. The molecule has 0 spiro atoms. The zero-order chi connectivity index (χ0) is 12.7. The zero-order valence-corrected chi connectivity index (χ0v) is 11.8. The summed E-state index contributed by atoms with van der Waals surface area (Å²) in [5.41, 5.74) is 1.10. The van der Waals surface area contributed by atoms with Crippen LogP contribution in [-0.2, 0) is 4.79 Å². The van der Waals surface area contributed by atoms with E-state index in [9.17, 15) is 4.79 Å². The first kappa shape index (κ1) is 12.9. The maximum Gasteiger partial charge on any atom is 0.148 e. The van der Waals surface area contributed by atoms with Crippen LogP contribution >= 0.6 is 0 Å². The van der Waals surface area contributed by atoms with Gasteiger partial charge in [-0.25, -0.2) is 0 Å². The number of hydrogen-bond donors (Lipinski definition) is 0. The third-order valence-corrected chi connectivity index (χ3v) is 4.61. The van der Waals surface area contributed by atoms with Gasteiger partial charge >= 0.3 is 0 Å². The molecule has 0 heterocycles. The fraction of sp³-hybridized carbons (Fsp3) is 0.812. The van der Waals surface area contributed by atoms with Crippen LogP contribution in [0.25, 0.3) is 0 Å². The van der Waals surface area contributed by atoms with Crippen molar-refractivity contribution >= 4 is 5.78 Å². The molecule has 1 fully saturated rings. The number of hydrogen-bond acceptors (Lipinski definition) is 1. The van der Waals surface area contributed by atoms with Crippen LogP contribution in [0.1, 0.15) is 66.2 Å². The van der Waals surface area contributed by atoms with Crippen LogP contribution in [0.2, 0.25) is 0 Å². The van der Waals surface area contributed by atoms with Crippen molar-refractivity contribution in [2.24, 2.45) is 16.7 Å². The van der Waals surface area contributed by atoms with E-state index in [4.69, 9.17) is 0 Å². The largest absolute Gasteiger partial charge is 0.298 e. The van der Waals surface area contributed by atoms with Gasteiger partial charge in [0.05, 0.1) is 0 Å². The van der Waals surface area contributed by atoms with Crippen LogP contribution in [0.5, 0.6) is 0 Å². The standard InChI is InChI=1S/C16H26O/c1-15(2,3)14(17)16(4)11-7-9-12-8-5-6-10-13(12)16/h10,12H,5-9,11H2,1-4H3. The van der Waals surface area contributed by atoms with E-state index in [-0.39, 0.29) is 10.8 Å². The molecule has 0 aromatic rings. The molecule has 17 heavy (non-hydrogen) atoms. The predicted molar refractivity (Wildman–Crippen MR) is 71.8 cm³/mol. The molecule has 0 amide bonds. The lowest BCUT2D eigenvalue weighted by Crippen LogP contribution is -2.43. The molecular weight excluding hydrogens is 208 g/mol. The highest BCUT2D eigenvalue weighted by molar-refractivity contribution is 5.92. The summed E-state index contributed by atoms with van der Waals surface area (Å²) < 4.78 is 0. The van der Waals surface area contributed by atoms with Crippen molar-refractivity contribution < 1.29 is 4.79 Å². The average molecular weight is 234 g/mol. The van der Waals surface area contributed by atoms with E-state index < -0.39 is 0 Å². The Bertz CT molecular complexity index is 345. The lowest BCUT2D eigenvalue weighted by atomic mass is 9.58. The Morgan fingerprint density at radius 3 is 2.59 bits per heavy atom. The molecule has 2 rings (SSSR count). The van der Waals surface area contributed by atoms with Gasteiger partial charge in [0.2, 0.25) is 0 Å². The van der Waals surface area contributed by atoms with Gasteiger partial charge in [-0.15, -0.1) is 0 Å². The van der Waals surface area contributed by atoms with E-state index in [2.05, 4.69) is 33.8 Å². The summed E-state index contributed by atoms with van der Waals surface area (Å²) in [6.07, 6.45) is 9.77. The first-order valence-electron chi connectivity index (χ1n) is 7.11. The van der Waals surface area contributed by atoms with Crippen LogP contribution < -0.4 is 0 Å². The number of carbonyl (C=O) groups is 1. The van der Waals surface area contributed by atoms with E-state index in [1.807, 2.05) is 0 Å². The number of rotatable bonds is 1. The van der Waals surface area contributed by atoms with Crippen LogP contribution in [-0.4, -0.2) is 5.78 Å². The molecule has 0 N–H and O–H groups in total. The molecule has 0 saturated heterocycles. The van der Waals surface area contributed by atoms with Crippen molar-refractivity contribution in [3.8, 4) is 0 Å². The Labute approximate surface area is 106 Å². The van der Waals surface area contributed by atoms with Gasteiger partial charge in [0.25, 0.3) is 0 Å². The molecule has 1 saturated carbocycles. The van der Waals surface area contributed by atoms with Crippen LogP contribution in [0, 0.1) is 16.7 Å². The summed E-state index contributed by atoms with van der Waals surface area (Å²) in [7, 11) is 0. The molecule has 0 aliphatic heterocycles. The Hall–Kier alpha value is -0.590. The molecule has 0 bridgehead atoms. The summed E-state index contributed by atoms with van der Waals surface area (Å²) in [5.74, 6) is 1.15. The topological polar surface area (TPSA) is 17.1 Å². The first-order chi connectivity index (χ1) is 7.86. The number of carbonyl (C=O) groups excluding carboxylic acids is 1. The SMILES string of the molecule is CC(C)(C)C(=O)C1(C)CCCC2CCCC=C21. The molecule has 0 aromatic heterocycles. The van der Waals surface area contributed by atoms with Gasteiger partial charge in [-0.1, -0.05) is 38.8 Å². The van der Waals surface area contributed by atoms with Crippen molar-refractivity contribution in [2.75, 3.05) is 0 Å². The highest BCUT2D eigenvalue weighted by atomic mass is 16.1. The van der Waals surface area contributed by atoms with Crippen molar-refractivity contribution in [3.05, 3.63) is 11.6 Å². The normalized spacial score (nSPS) is 33.9. The highest BCUT2D eigenvalue weighted by Crippen LogP contribution is 2.50. The zero-order valence-electron chi connectivity index (χ0n) is 11.8. The smallest absolute Gasteiger partial charge is 0.148 e. The summed E-state index contributed by atoms with van der Waals surface area (Å²) in [5, 5.41) is 0. The molecule has 96 valence electrons. The van der Waals surface area contributed by atoms with Gasteiger partial charge in [0.1, 0.15) is 5.78 Å². The molecule has 2 unspecified atom stereocenters. The van der Waals surface area contributed by atoms with Crippen molar-refractivity contribution in [3.63, 3.8) is 0 Å². The third kappa shape index (κ3) is 2.21. The second kappa shape index (κ2) is 4.26. The van der Waals surface area contributed by atoms with Gasteiger partial charge in [0.15, 0.2) is 0 Å². The van der Waals surface area contributed by atoms with E-state index in [1.54, 1.807) is 0 Å². The fourth-order valence-corrected chi connectivity index (χ4v) is 3.84. The van der Waals surface area contributed by atoms with E-state index in [0.717, 1.165) is 6.42 Å². The van der Waals surface area contributed by atoms with Crippen LogP contribution in [0.4, 0.5) is 0 Å². The summed E-state index contributed by atoms with van der Waals surface area (Å²) in [4.78, 5) is 12.8. The van der Waals surface area contributed by atoms with E-state index in [0.29, 0.717) is 11.7 Å². The predicted octanol–water partition coefficient (Wildman–Crippen LogP) is 4.52. The number of fused-ring (bicyclic) bond motifs is 1. The van der Waals surface area contributed by atoms with Gasteiger partial charge in [-0.3, -0.25) is 4.79 Å². The molecule has 2 atom stereocenters. The number of ketones is 1. The minimum absolute atomic E-state index is 0.165. The first-order valence-corrected chi connectivity index (χ1v) is 7.11. The Morgan fingerprint density at radius 2 is 1.94 bits per heavy atom. The highest BCUT2D eigenvalue weighted by Gasteiger charge is 2.46. The minimum atomic E-state index is -0.213. The molecule has 2 aliphatic carbocycles. The molecular formula is C16H26O. The molecule has 1 heteroatoms. The second-order valence-electron chi connectivity index (χ2n) is 7.09. The number of allylic oxidation sites excluding steroid dienone is 2. The van der Waals surface area contributed by atoms with Gasteiger partial charge in [-0.2, -0.15) is 0 Å². The summed E-state index contributed by atoms with van der Waals surface area (Å²) in [6.45, 7) is 8.39. The summed E-state index contributed by atoms with van der Waals surface area (Å²) >= 11 is 0. The van der Waals surface area contributed by atoms with Crippen molar-refractivity contribution in [2.45, 2.75) is 66.2 Å². The molecule has 0 radical (unpaired) electrons. The Balaban J connectivity index is 2.35. The van der Waals surface area contributed by atoms with E-state index in [1.165, 1.54) is 37.7 Å². The van der Waals surface area contributed by atoms with Gasteiger partial charge in [-0.05, 0) is 44.9 Å². The molecule has 1 nitrogen and oxygen atoms in total. The Kier molecular flexibility index (Phi) is 3.22. The van der Waals surface area contributed by atoms with Gasteiger partial charge in [0, 0.05) is 10.8 Å². The quantitative estimate of drug-likeness (QED) is 0.610.